The second kappa shape index (κ2) is 5.65. The third-order valence-electron chi connectivity index (χ3n) is 3.16. The molecule has 0 unspecified atom stereocenters. The summed E-state index contributed by atoms with van der Waals surface area (Å²) in [5.41, 5.74) is 0.616. The third-order valence-corrected chi connectivity index (χ3v) is 3.86. The lowest BCUT2D eigenvalue weighted by Gasteiger charge is -2.28. The summed E-state index contributed by atoms with van der Waals surface area (Å²) in [6.45, 7) is 0. The fraction of sp³-hybridized carbons (Fsp3) is 0.462. The first-order chi connectivity index (χ1) is 8.18. The lowest BCUT2D eigenvalue weighted by atomic mass is 9.92. The van der Waals surface area contributed by atoms with Crippen molar-refractivity contribution in [3.8, 4) is 0 Å². The average Bonchev–Trinajstić information content (AvgIpc) is 2.32. The topological polar surface area (TPSA) is 49.3 Å². The summed E-state index contributed by atoms with van der Waals surface area (Å²) in [4.78, 5) is 12.0. The van der Waals surface area contributed by atoms with E-state index in [4.69, 9.17) is 0 Å². The summed E-state index contributed by atoms with van der Waals surface area (Å²) < 4.78 is 0.780. The number of halogens is 1. The Kier molecular flexibility index (Phi) is 4.18. The number of aliphatic hydroxyl groups is 1. The molecule has 92 valence electrons. The Morgan fingerprint density at radius 1 is 1.29 bits per heavy atom. The van der Waals surface area contributed by atoms with E-state index in [2.05, 4.69) is 21.2 Å². The fourth-order valence-electron chi connectivity index (χ4n) is 2.17. The van der Waals surface area contributed by atoms with E-state index in [0.29, 0.717) is 5.56 Å². The minimum absolute atomic E-state index is 0.108. The molecule has 0 aliphatic heterocycles. The maximum atomic E-state index is 12.0. The van der Waals surface area contributed by atoms with Crippen LogP contribution < -0.4 is 5.32 Å². The molecule has 1 aliphatic carbocycles. The number of carbonyl (C=O) groups is 1. The van der Waals surface area contributed by atoms with E-state index in [0.717, 1.165) is 30.2 Å². The van der Waals surface area contributed by atoms with Gasteiger partial charge in [0, 0.05) is 4.47 Å². The van der Waals surface area contributed by atoms with Gasteiger partial charge in [-0.15, -0.1) is 0 Å². The molecular weight excluding hydrogens is 282 g/mol. The Morgan fingerprint density at radius 2 is 2.00 bits per heavy atom. The van der Waals surface area contributed by atoms with Crippen LogP contribution in [0.4, 0.5) is 0 Å². The summed E-state index contributed by atoms with van der Waals surface area (Å²) in [6.07, 6.45) is 3.34. The van der Waals surface area contributed by atoms with Crippen LogP contribution in [-0.4, -0.2) is 23.2 Å². The molecule has 2 rings (SSSR count). The van der Waals surface area contributed by atoms with E-state index >= 15 is 0 Å². The minimum atomic E-state index is -0.407. The predicted molar refractivity (Wildman–Crippen MR) is 69.9 cm³/mol. The Labute approximate surface area is 109 Å². The van der Waals surface area contributed by atoms with Crippen LogP contribution in [-0.2, 0) is 0 Å². The average molecular weight is 298 g/mol. The first-order valence-electron chi connectivity index (χ1n) is 5.92. The summed E-state index contributed by atoms with van der Waals surface area (Å²) in [5.74, 6) is -0.122. The van der Waals surface area contributed by atoms with Crippen molar-refractivity contribution in [2.45, 2.75) is 37.8 Å². The van der Waals surface area contributed by atoms with Gasteiger partial charge < -0.3 is 10.4 Å². The van der Waals surface area contributed by atoms with Crippen molar-refractivity contribution < 1.29 is 9.90 Å². The van der Waals surface area contributed by atoms with Crippen LogP contribution in [0.25, 0.3) is 0 Å². The zero-order chi connectivity index (χ0) is 12.3. The highest BCUT2D eigenvalue weighted by atomic mass is 79.9. The molecule has 1 aliphatic rings. The van der Waals surface area contributed by atoms with Gasteiger partial charge in [0.1, 0.15) is 0 Å². The molecule has 0 radical (unpaired) electrons. The van der Waals surface area contributed by atoms with Gasteiger partial charge in [-0.1, -0.05) is 25.0 Å². The number of amides is 1. The highest BCUT2D eigenvalue weighted by molar-refractivity contribution is 9.10. The summed E-state index contributed by atoms with van der Waals surface area (Å²) >= 11 is 3.35. The normalized spacial score (nSPS) is 24.4. The van der Waals surface area contributed by atoms with Crippen LogP contribution in [0.5, 0.6) is 0 Å². The molecule has 0 bridgehead atoms. The number of hydrogen-bond acceptors (Lipinski definition) is 2. The van der Waals surface area contributed by atoms with Crippen molar-refractivity contribution >= 4 is 21.8 Å². The van der Waals surface area contributed by atoms with Crippen LogP contribution in [0, 0.1) is 0 Å². The van der Waals surface area contributed by atoms with Gasteiger partial charge in [0.25, 0.3) is 5.91 Å². The van der Waals surface area contributed by atoms with E-state index in [9.17, 15) is 9.90 Å². The number of hydrogen-bond donors (Lipinski definition) is 2. The van der Waals surface area contributed by atoms with Crippen LogP contribution in [0.15, 0.2) is 28.7 Å². The molecular formula is C13H16BrNO2. The monoisotopic (exact) mass is 297 g/mol. The highest BCUT2D eigenvalue weighted by Gasteiger charge is 2.25. The van der Waals surface area contributed by atoms with Crippen molar-refractivity contribution in [3.05, 3.63) is 34.3 Å². The maximum absolute atomic E-state index is 12.0. The van der Waals surface area contributed by atoms with Gasteiger partial charge in [0.15, 0.2) is 0 Å². The fourth-order valence-corrected chi connectivity index (χ4v) is 2.64. The highest BCUT2D eigenvalue weighted by Crippen LogP contribution is 2.20. The Morgan fingerprint density at radius 3 is 2.71 bits per heavy atom. The number of rotatable bonds is 2. The molecule has 3 nitrogen and oxygen atoms in total. The Balaban J connectivity index is 2.04. The first-order valence-corrected chi connectivity index (χ1v) is 6.71. The van der Waals surface area contributed by atoms with Gasteiger partial charge in [0.2, 0.25) is 0 Å². The summed E-state index contributed by atoms with van der Waals surface area (Å²) in [7, 11) is 0. The quantitative estimate of drug-likeness (QED) is 0.881. The van der Waals surface area contributed by atoms with Crippen molar-refractivity contribution in [2.24, 2.45) is 0 Å². The first kappa shape index (κ1) is 12.6. The van der Waals surface area contributed by atoms with Gasteiger partial charge in [-0.3, -0.25) is 4.79 Å². The van der Waals surface area contributed by atoms with Gasteiger partial charge >= 0.3 is 0 Å². The molecule has 1 aromatic rings. The lowest BCUT2D eigenvalue weighted by Crippen LogP contribution is -2.45. The van der Waals surface area contributed by atoms with Crippen LogP contribution >= 0.6 is 15.9 Å². The van der Waals surface area contributed by atoms with E-state index in [1.807, 2.05) is 18.2 Å². The SMILES string of the molecule is O=C(N[C@H]1CCCC[C@@H]1O)c1ccccc1Br. The molecule has 4 heteroatoms. The smallest absolute Gasteiger partial charge is 0.252 e. The zero-order valence-corrected chi connectivity index (χ0v) is 11.1. The summed E-state index contributed by atoms with van der Waals surface area (Å²) in [6, 6.07) is 7.21. The van der Waals surface area contributed by atoms with E-state index in [1.54, 1.807) is 6.07 Å². The predicted octanol–water partition coefficient (Wildman–Crippen LogP) is 2.48. The molecule has 1 saturated carbocycles. The molecule has 1 fully saturated rings. The third kappa shape index (κ3) is 3.07. The van der Waals surface area contributed by atoms with Gasteiger partial charge in [0.05, 0.1) is 17.7 Å². The van der Waals surface area contributed by atoms with Crippen LogP contribution in [0.2, 0.25) is 0 Å². The largest absolute Gasteiger partial charge is 0.391 e. The second-order valence-corrected chi connectivity index (χ2v) is 5.27. The molecule has 17 heavy (non-hydrogen) atoms. The van der Waals surface area contributed by atoms with E-state index < -0.39 is 6.10 Å². The Bertz CT molecular complexity index is 408. The van der Waals surface area contributed by atoms with Crippen molar-refractivity contribution in [1.82, 2.24) is 5.32 Å². The van der Waals surface area contributed by atoms with Crippen LogP contribution in [0.3, 0.4) is 0 Å². The molecule has 1 amide bonds. The Hall–Kier alpha value is -0.870. The van der Waals surface area contributed by atoms with Crippen LogP contribution in [0.1, 0.15) is 36.0 Å². The molecule has 0 aromatic heterocycles. The van der Waals surface area contributed by atoms with Crippen molar-refractivity contribution in [1.29, 1.82) is 0 Å². The molecule has 1 aromatic carbocycles. The molecule has 0 heterocycles. The molecule has 2 atom stereocenters. The zero-order valence-electron chi connectivity index (χ0n) is 9.53. The molecule has 2 N–H and O–H groups in total. The van der Waals surface area contributed by atoms with E-state index in [1.165, 1.54) is 0 Å². The van der Waals surface area contributed by atoms with Gasteiger partial charge in [-0.25, -0.2) is 0 Å². The number of carbonyl (C=O) groups excluding carboxylic acids is 1. The van der Waals surface area contributed by atoms with Crippen molar-refractivity contribution in [2.75, 3.05) is 0 Å². The lowest BCUT2D eigenvalue weighted by molar-refractivity contribution is 0.0716. The number of nitrogens with one attached hydrogen (secondary N) is 1. The van der Waals surface area contributed by atoms with Gasteiger partial charge in [-0.2, -0.15) is 0 Å². The number of aliphatic hydroxyl groups excluding tert-OH is 1. The van der Waals surface area contributed by atoms with Gasteiger partial charge in [-0.05, 0) is 40.9 Å². The maximum Gasteiger partial charge on any atom is 0.252 e. The molecule has 0 spiro atoms. The van der Waals surface area contributed by atoms with Crippen molar-refractivity contribution in [3.63, 3.8) is 0 Å². The minimum Gasteiger partial charge on any atom is -0.391 e. The standard InChI is InChI=1S/C13H16BrNO2/c14-10-6-2-1-5-9(10)13(17)15-11-7-3-4-8-12(11)16/h1-2,5-6,11-12,16H,3-4,7-8H2,(H,15,17)/t11-,12-/m0/s1. The number of benzene rings is 1. The summed E-state index contributed by atoms with van der Waals surface area (Å²) in [5, 5.41) is 12.7. The second-order valence-electron chi connectivity index (χ2n) is 4.41. The van der Waals surface area contributed by atoms with E-state index in [-0.39, 0.29) is 11.9 Å². The molecule has 0 saturated heterocycles.